The molecule has 1 saturated carbocycles. The van der Waals surface area contributed by atoms with Crippen LogP contribution in [0, 0.1) is 23.1 Å². The molecular formula is C35H30ClFN8O3. The van der Waals surface area contributed by atoms with Gasteiger partial charge in [0.15, 0.2) is 16.4 Å². The van der Waals surface area contributed by atoms with Crippen LogP contribution >= 0.6 is 11.6 Å². The van der Waals surface area contributed by atoms with Crippen molar-refractivity contribution in [2.24, 2.45) is 11.7 Å². The smallest absolute Gasteiger partial charge is 0.271 e. The highest BCUT2D eigenvalue weighted by Gasteiger charge is 2.41. The van der Waals surface area contributed by atoms with Gasteiger partial charge in [-0.1, -0.05) is 17.7 Å². The Balaban J connectivity index is 1.41. The molecule has 2 aliphatic rings. The first-order valence-electron chi connectivity index (χ1n) is 15.5. The van der Waals surface area contributed by atoms with Gasteiger partial charge in [0.25, 0.3) is 11.8 Å². The van der Waals surface area contributed by atoms with Gasteiger partial charge in [0.2, 0.25) is 0 Å². The number of aromatic nitrogens is 5. The summed E-state index contributed by atoms with van der Waals surface area (Å²) in [5.41, 5.74) is 9.16. The number of nitrogens with zero attached hydrogens (tertiary/aromatic N) is 7. The normalized spacial score (nSPS) is 15.9. The van der Waals surface area contributed by atoms with Gasteiger partial charge in [0, 0.05) is 11.8 Å². The van der Waals surface area contributed by atoms with Gasteiger partial charge in [-0.15, -0.1) is 0 Å². The maximum absolute atomic E-state index is 13.7. The summed E-state index contributed by atoms with van der Waals surface area (Å²) < 4.78 is 21.6. The average Bonchev–Trinajstić information content (AvgIpc) is 3.82. The number of ether oxygens (including phenoxy) is 1. The first kappa shape index (κ1) is 31.2. The van der Waals surface area contributed by atoms with Crippen molar-refractivity contribution in [2.45, 2.75) is 58.2 Å². The molecule has 2 N–H and O–H groups in total. The highest BCUT2D eigenvalue weighted by Crippen LogP contribution is 2.45. The molecule has 1 aliphatic heterocycles. The zero-order chi connectivity index (χ0) is 33.9. The van der Waals surface area contributed by atoms with Gasteiger partial charge >= 0.3 is 0 Å². The largest absolute Gasteiger partial charge is 0.476 e. The number of nitriles is 1. The molecule has 5 heterocycles. The predicted molar refractivity (Wildman–Crippen MR) is 176 cm³/mol. The van der Waals surface area contributed by atoms with Gasteiger partial charge in [0.05, 0.1) is 58.1 Å². The molecule has 0 unspecified atom stereocenters. The lowest BCUT2D eigenvalue weighted by Crippen LogP contribution is -2.52. The van der Waals surface area contributed by atoms with E-state index in [2.05, 4.69) is 15.1 Å². The highest BCUT2D eigenvalue weighted by atomic mass is 35.5. The summed E-state index contributed by atoms with van der Waals surface area (Å²) in [5.74, 6) is -0.611. The van der Waals surface area contributed by atoms with E-state index in [1.165, 1.54) is 12.3 Å². The van der Waals surface area contributed by atoms with Gasteiger partial charge < -0.3 is 10.5 Å². The standard InChI is InChI=1S/C35H30ClFN8O3/c1-18(24-10-8-22(37)16-41-24)45-33-30(31(36)43-45)28(29(32(39)46)25(42-33)12-19-4-5-19)21-7-11-26-27(13-21)48-35(2,3)34(47)44(26)17-23-9-6-20(14-38)15-40-23/h6-11,13,15-16,18-19H,4-5,12,17H2,1-3H3,(H2,39,46)/t18-/m1/s1. The Bertz CT molecular complexity index is 2150. The topological polar surface area (TPSA) is 153 Å². The van der Waals surface area contributed by atoms with E-state index in [0.29, 0.717) is 68.6 Å². The fourth-order valence-corrected chi connectivity index (χ4v) is 6.39. The maximum Gasteiger partial charge on any atom is 0.271 e. The van der Waals surface area contributed by atoms with Crippen molar-refractivity contribution in [3.63, 3.8) is 0 Å². The first-order chi connectivity index (χ1) is 22.9. The molecule has 4 aromatic heterocycles. The van der Waals surface area contributed by atoms with E-state index >= 15 is 0 Å². The van der Waals surface area contributed by atoms with Crippen LogP contribution in [0.5, 0.6) is 5.75 Å². The summed E-state index contributed by atoms with van der Waals surface area (Å²) in [5, 5.41) is 14.3. The van der Waals surface area contributed by atoms with E-state index in [1.807, 2.05) is 13.0 Å². The van der Waals surface area contributed by atoms with Gasteiger partial charge in [-0.05, 0) is 87.9 Å². The fourth-order valence-electron chi connectivity index (χ4n) is 6.13. The molecule has 1 aliphatic carbocycles. The molecule has 48 heavy (non-hydrogen) atoms. The second-order valence-electron chi connectivity index (χ2n) is 12.7. The minimum Gasteiger partial charge on any atom is -0.476 e. The molecule has 1 aromatic carbocycles. The van der Waals surface area contributed by atoms with E-state index in [-0.39, 0.29) is 23.2 Å². The second kappa shape index (κ2) is 11.7. The Kier molecular flexibility index (Phi) is 7.59. The number of primary amides is 1. The zero-order valence-corrected chi connectivity index (χ0v) is 27.1. The molecule has 5 aromatic rings. The number of carbonyl (C=O) groups is 2. The molecular weight excluding hydrogens is 635 g/mol. The van der Waals surface area contributed by atoms with Crippen LogP contribution in [0.2, 0.25) is 5.15 Å². The monoisotopic (exact) mass is 664 g/mol. The number of carbonyl (C=O) groups excluding carboxylic acids is 2. The molecule has 0 bridgehead atoms. The number of halogens is 2. The van der Waals surface area contributed by atoms with Crippen LogP contribution in [0.1, 0.15) is 72.7 Å². The molecule has 2 amide bonds. The predicted octanol–water partition coefficient (Wildman–Crippen LogP) is 5.92. The average molecular weight is 665 g/mol. The number of benzene rings is 1. The number of rotatable bonds is 8. The lowest BCUT2D eigenvalue weighted by Gasteiger charge is -2.39. The van der Waals surface area contributed by atoms with E-state index < -0.39 is 23.4 Å². The van der Waals surface area contributed by atoms with Crippen molar-refractivity contribution in [3.8, 4) is 22.9 Å². The first-order valence-corrected chi connectivity index (χ1v) is 15.8. The van der Waals surface area contributed by atoms with Gasteiger partial charge in [-0.25, -0.2) is 14.1 Å². The number of fused-ring (bicyclic) bond motifs is 2. The van der Waals surface area contributed by atoms with Crippen molar-refractivity contribution in [2.75, 3.05) is 4.90 Å². The summed E-state index contributed by atoms with van der Waals surface area (Å²) in [6.07, 6.45) is 5.18. The Morgan fingerprint density at radius 1 is 1.19 bits per heavy atom. The Labute approximate surface area is 280 Å². The van der Waals surface area contributed by atoms with Gasteiger partial charge in [-0.3, -0.25) is 24.5 Å². The number of pyridine rings is 3. The molecule has 1 atom stereocenters. The van der Waals surface area contributed by atoms with Crippen LogP contribution in [0.15, 0.2) is 54.9 Å². The fraction of sp³-hybridized carbons (Fsp3) is 0.286. The lowest BCUT2D eigenvalue weighted by atomic mass is 9.92. The lowest BCUT2D eigenvalue weighted by molar-refractivity contribution is -0.132. The van der Waals surface area contributed by atoms with Crippen molar-refractivity contribution >= 4 is 40.1 Å². The van der Waals surface area contributed by atoms with E-state index in [0.717, 1.165) is 19.0 Å². The van der Waals surface area contributed by atoms with Crippen LogP contribution in [-0.2, 0) is 17.8 Å². The minimum absolute atomic E-state index is 0.101. The molecule has 1 fully saturated rings. The van der Waals surface area contributed by atoms with Crippen molar-refractivity contribution in [1.82, 2.24) is 24.7 Å². The summed E-state index contributed by atoms with van der Waals surface area (Å²) >= 11 is 6.86. The molecule has 13 heteroatoms. The second-order valence-corrected chi connectivity index (χ2v) is 13.0. The Hall–Kier alpha value is -5.41. The molecule has 242 valence electrons. The van der Waals surface area contributed by atoms with Gasteiger partial charge in [-0.2, -0.15) is 10.4 Å². The van der Waals surface area contributed by atoms with Crippen LogP contribution in [0.25, 0.3) is 22.2 Å². The molecule has 11 nitrogen and oxygen atoms in total. The van der Waals surface area contributed by atoms with Crippen molar-refractivity contribution in [3.05, 3.63) is 94.0 Å². The zero-order valence-electron chi connectivity index (χ0n) is 26.4. The quantitative estimate of drug-likeness (QED) is 0.215. The highest BCUT2D eigenvalue weighted by molar-refractivity contribution is 6.36. The van der Waals surface area contributed by atoms with Crippen LogP contribution in [0.3, 0.4) is 0 Å². The number of nitrogens with two attached hydrogens (primary N) is 1. The summed E-state index contributed by atoms with van der Waals surface area (Å²) in [4.78, 5) is 42.0. The summed E-state index contributed by atoms with van der Waals surface area (Å²) in [6.45, 7) is 5.37. The Morgan fingerprint density at radius 3 is 2.62 bits per heavy atom. The molecule has 0 saturated heterocycles. The third-order valence-corrected chi connectivity index (χ3v) is 9.05. The number of anilines is 1. The van der Waals surface area contributed by atoms with E-state index in [9.17, 15) is 14.0 Å². The van der Waals surface area contributed by atoms with E-state index in [1.54, 1.807) is 59.8 Å². The van der Waals surface area contributed by atoms with E-state index in [4.69, 9.17) is 32.3 Å². The summed E-state index contributed by atoms with van der Waals surface area (Å²) in [7, 11) is 0. The SMILES string of the molecule is C[C@H](c1ccc(F)cn1)n1nc(Cl)c2c(-c3ccc4c(c3)OC(C)(C)C(=O)N4Cc3ccc(C#N)cn3)c(C(N)=O)c(CC3CC3)nc21. The third kappa shape index (κ3) is 5.50. The Morgan fingerprint density at radius 2 is 1.98 bits per heavy atom. The van der Waals surface area contributed by atoms with Crippen LogP contribution in [-0.4, -0.2) is 42.1 Å². The van der Waals surface area contributed by atoms with Crippen molar-refractivity contribution < 1.29 is 18.7 Å². The molecule has 0 spiro atoms. The third-order valence-electron chi connectivity index (χ3n) is 8.78. The molecule has 0 radical (unpaired) electrons. The maximum atomic E-state index is 13.7. The van der Waals surface area contributed by atoms with Gasteiger partial charge in [0.1, 0.15) is 17.6 Å². The van der Waals surface area contributed by atoms with Crippen LogP contribution in [0.4, 0.5) is 10.1 Å². The summed E-state index contributed by atoms with van der Waals surface area (Å²) in [6, 6.07) is 13.1. The van der Waals surface area contributed by atoms with Crippen molar-refractivity contribution in [1.29, 1.82) is 5.26 Å². The molecule has 7 rings (SSSR count). The number of amides is 2. The van der Waals surface area contributed by atoms with Crippen LogP contribution < -0.4 is 15.4 Å². The number of hydrogen-bond donors (Lipinski definition) is 1. The minimum atomic E-state index is -1.23. The number of hydrogen-bond acceptors (Lipinski definition) is 8.